The van der Waals surface area contributed by atoms with Gasteiger partial charge in [0.1, 0.15) is 0 Å². The maximum absolute atomic E-state index is 9.54. The van der Waals surface area contributed by atoms with Gasteiger partial charge in [-0.3, -0.25) is 10.1 Å². The molecule has 4 heteroatoms. The molecule has 2 N–H and O–H groups in total. The number of nitro groups is 1. The molecule has 0 amide bonds. The smallest absolute Gasteiger partial charge is 0.218 e. The van der Waals surface area contributed by atoms with E-state index in [0.29, 0.717) is 0 Å². The molecule has 0 spiro atoms. The van der Waals surface area contributed by atoms with Crippen LogP contribution in [0.3, 0.4) is 0 Å². The molecule has 0 rings (SSSR count). The molecular weight excluding hydrogens is 96.0 g/mol. The minimum absolute atomic E-state index is 0.139. The largest absolute Gasteiger partial charge is 0.322 e. The van der Waals surface area contributed by atoms with Gasteiger partial charge in [-0.15, -0.1) is 0 Å². The van der Waals surface area contributed by atoms with Crippen LogP contribution in [-0.2, 0) is 0 Å². The fourth-order valence-electron chi connectivity index (χ4n) is 0.235. The molecule has 0 bridgehead atoms. The second-order valence-electron chi connectivity index (χ2n) is 1.49. The van der Waals surface area contributed by atoms with Crippen molar-refractivity contribution in [2.24, 2.45) is 5.73 Å². The van der Waals surface area contributed by atoms with Gasteiger partial charge in [0.2, 0.25) is 6.54 Å². The molecule has 0 aliphatic heterocycles. The van der Waals surface area contributed by atoms with Gasteiger partial charge in [-0.2, -0.15) is 0 Å². The van der Waals surface area contributed by atoms with Gasteiger partial charge in [0.25, 0.3) is 0 Å². The summed E-state index contributed by atoms with van der Waals surface area (Å²) in [7, 11) is 0. The number of nitrogens with two attached hydrogens (primary N) is 1. The average Bonchev–Trinajstić information content (AvgIpc) is 1.27. The Balaban J connectivity index is 3.13. The molecule has 1 unspecified atom stereocenters. The molecule has 0 aromatic rings. The zero-order valence-electron chi connectivity index (χ0n) is 4.13. The Bertz CT molecular complexity index is 71.3. The van der Waals surface area contributed by atoms with Crippen molar-refractivity contribution in [1.82, 2.24) is 0 Å². The molecule has 42 valence electrons. The first kappa shape index (κ1) is 6.36. The number of hydrogen-bond acceptors (Lipinski definition) is 3. The van der Waals surface area contributed by atoms with Gasteiger partial charge in [0.05, 0.1) is 6.04 Å². The normalized spacial score (nSPS) is 13.4. The van der Waals surface area contributed by atoms with E-state index < -0.39 is 4.92 Å². The maximum atomic E-state index is 9.54. The maximum Gasteiger partial charge on any atom is 0.218 e. The molecule has 1 atom stereocenters. The molecule has 0 aromatic carbocycles. The number of nitrogens with zero attached hydrogens (tertiary/aromatic N) is 1. The third-order valence-electron chi connectivity index (χ3n) is 0.437. The van der Waals surface area contributed by atoms with Crippen molar-refractivity contribution in [3.05, 3.63) is 10.1 Å². The zero-order chi connectivity index (χ0) is 5.86. The van der Waals surface area contributed by atoms with E-state index in [4.69, 9.17) is 5.73 Å². The van der Waals surface area contributed by atoms with Crippen molar-refractivity contribution in [2.45, 2.75) is 13.0 Å². The summed E-state index contributed by atoms with van der Waals surface area (Å²) in [6.07, 6.45) is 0. The molecule has 0 fully saturated rings. The molecule has 7 heavy (non-hydrogen) atoms. The van der Waals surface area contributed by atoms with Crippen LogP contribution in [0.5, 0.6) is 0 Å². The van der Waals surface area contributed by atoms with E-state index in [2.05, 4.69) is 0 Å². The fourth-order valence-corrected chi connectivity index (χ4v) is 0.235. The van der Waals surface area contributed by atoms with Gasteiger partial charge in [-0.1, -0.05) is 0 Å². The number of rotatable bonds is 2. The molecule has 4 nitrogen and oxygen atoms in total. The second-order valence-corrected chi connectivity index (χ2v) is 1.49. The van der Waals surface area contributed by atoms with Crippen molar-refractivity contribution in [2.75, 3.05) is 6.54 Å². The number of hydrogen-bond donors (Lipinski definition) is 1. The first-order valence-electron chi connectivity index (χ1n) is 2.00. The van der Waals surface area contributed by atoms with Crippen LogP contribution in [0, 0.1) is 10.1 Å². The lowest BCUT2D eigenvalue weighted by atomic mass is 10.4. The van der Waals surface area contributed by atoms with Gasteiger partial charge in [0.15, 0.2) is 0 Å². The molecule has 0 saturated heterocycles. The molecular formula is C3H8N2O2. The Morgan fingerprint density at radius 1 is 2.00 bits per heavy atom. The first-order valence-corrected chi connectivity index (χ1v) is 2.00. The van der Waals surface area contributed by atoms with E-state index in [9.17, 15) is 10.1 Å². The van der Waals surface area contributed by atoms with Crippen LogP contribution in [0.15, 0.2) is 0 Å². The predicted molar refractivity (Wildman–Crippen MR) is 25.5 cm³/mol. The van der Waals surface area contributed by atoms with Crippen LogP contribution in [0.4, 0.5) is 0 Å². The minimum Gasteiger partial charge on any atom is -0.322 e. The van der Waals surface area contributed by atoms with Crippen LogP contribution < -0.4 is 5.73 Å². The van der Waals surface area contributed by atoms with Gasteiger partial charge in [0, 0.05) is 4.92 Å². The van der Waals surface area contributed by atoms with E-state index in [1.165, 1.54) is 0 Å². The van der Waals surface area contributed by atoms with E-state index in [1.54, 1.807) is 6.92 Å². The summed E-state index contributed by atoms with van der Waals surface area (Å²) in [4.78, 5) is 9.11. The average molecular weight is 104 g/mol. The zero-order valence-corrected chi connectivity index (χ0v) is 4.13. The van der Waals surface area contributed by atoms with E-state index >= 15 is 0 Å². The summed E-state index contributed by atoms with van der Waals surface area (Å²) >= 11 is 0. The lowest BCUT2D eigenvalue weighted by Crippen LogP contribution is -2.24. The Morgan fingerprint density at radius 3 is 2.43 bits per heavy atom. The monoisotopic (exact) mass is 104 g/mol. The Morgan fingerprint density at radius 2 is 2.43 bits per heavy atom. The van der Waals surface area contributed by atoms with Crippen LogP contribution in [-0.4, -0.2) is 17.5 Å². The topological polar surface area (TPSA) is 69.2 Å². The van der Waals surface area contributed by atoms with E-state index in [-0.39, 0.29) is 12.6 Å². The molecule has 0 saturated carbocycles. The molecule has 0 aliphatic rings. The highest BCUT2D eigenvalue weighted by molar-refractivity contribution is 4.45. The van der Waals surface area contributed by atoms with Crippen molar-refractivity contribution in [3.63, 3.8) is 0 Å². The van der Waals surface area contributed by atoms with Crippen molar-refractivity contribution < 1.29 is 4.92 Å². The summed E-state index contributed by atoms with van der Waals surface area (Å²) in [5.74, 6) is 0. The summed E-state index contributed by atoms with van der Waals surface area (Å²) in [6.45, 7) is 1.46. The molecule has 0 aromatic heterocycles. The molecule has 0 aliphatic carbocycles. The Labute approximate surface area is 41.5 Å². The Hall–Kier alpha value is -0.640. The molecule has 0 heterocycles. The van der Waals surface area contributed by atoms with Gasteiger partial charge in [-0.05, 0) is 6.92 Å². The van der Waals surface area contributed by atoms with Gasteiger partial charge in [-0.25, -0.2) is 0 Å². The Kier molecular flexibility index (Phi) is 2.29. The summed E-state index contributed by atoms with van der Waals surface area (Å²) < 4.78 is 0. The first-order chi connectivity index (χ1) is 3.13. The standard InChI is InChI=1S/C3H8N2O2/c1-3(4)2-5(6)7/h3H,2,4H2,1H3. The van der Waals surface area contributed by atoms with Crippen molar-refractivity contribution >= 4 is 0 Å². The highest BCUT2D eigenvalue weighted by atomic mass is 16.6. The second kappa shape index (κ2) is 2.52. The van der Waals surface area contributed by atoms with Crippen LogP contribution in [0.2, 0.25) is 0 Å². The van der Waals surface area contributed by atoms with Crippen molar-refractivity contribution in [1.29, 1.82) is 0 Å². The summed E-state index contributed by atoms with van der Waals surface area (Å²) in [6, 6.07) is -0.324. The van der Waals surface area contributed by atoms with Gasteiger partial charge >= 0.3 is 0 Å². The minimum atomic E-state index is -0.426. The lowest BCUT2D eigenvalue weighted by molar-refractivity contribution is -0.481. The lowest BCUT2D eigenvalue weighted by Gasteiger charge is -1.93. The molecule has 0 radical (unpaired) electrons. The van der Waals surface area contributed by atoms with Crippen LogP contribution in [0.25, 0.3) is 0 Å². The SMILES string of the molecule is CC(N)C[N+](=O)[O-]. The third kappa shape index (κ3) is 5.36. The predicted octanol–water partition coefficient (Wildman–Crippen LogP) is -0.390. The van der Waals surface area contributed by atoms with Crippen LogP contribution in [0.1, 0.15) is 6.92 Å². The third-order valence-corrected chi connectivity index (χ3v) is 0.437. The fraction of sp³-hybridized carbons (Fsp3) is 1.00. The summed E-state index contributed by atoms with van der Waals surface area (Å²) in [5.41, 5.74) is 5.05. The van der Waals surface area contributed by atoms with Gasteiger partial charge < -0.3 is 5.73 Å². The van der Waals surface area contributed by atoms with Crippen molar-refractivity contribution in [3.8, 4) is 0 Å². The van der Waals surface area contributed by atoms with E-state index in [0.717, 1.165) is 0 Å². The van der Waals surface area contributed by atoms with Crippen LogP contribution >= 0.6 is 0 Å². The quantitative estimate of drug-likeness (QED) is 0.383. The highest BCUT2D eigenvalue weighted by Crippen LogP contribution is 1.73. The van der Waals surface area contributed by atoms with E-state index in [1.807, 2.05) is 0 Å². The highest BCUT2D eigenvalue weighted by Gasteiger charge is 1.99. The summed E-state index contributed by atoms with van der Waals surface area (Å²) in [5, 5.41) is 9.54.